The zero-order chi connectivity index (χ0) is 29.1. The second-order valence-corrected chi connectivity index (χ2v) is 11.6. The third-order valence-electron chi connectivity index (χ3n) is 8.93. The third kappa shape index (κ3) is 5.07. The highest BCUT2D eigenvalue weighted by Gasteiger charge is 2.60. The smallest absolute Gasteiger partial charge is 0.243 e. The fraction of sp³-hybridized carbons (Fsp3) is 0.571. The molecule has 2 saturated carbocycles. The number of Topliss-reactive ketones (excluding diaryl/α,β-unsaturated/α-hetero) is 2. The molecule has 6 unspecified atom stereocenters. The van der Waals surface area contributed by atoms with Crippen LogP contribution in [-0.2, 0) is 19.2 Å². The van der Waals surface area contributed by atoms with Crippen LogP contribution >= 0.6 is 17.0 Å². The van der Waals surface area contributed by atoms with Crippen LogP contribution in [0, 0.1) is 17.8 Å². The molecule has 4 aliphatic rings. The van der Waals surface area contributed by atoms with Crippen molar-refractivity contribution >= 4 is 46.0 Å². The highest BCUT2D eigenvalue weighted by molar-refractivity contribution is 8.93. The highest BCUT2D eigenvalue weighted by atomic mass is 79.9. The third-order valence-corrected chi connectivity index (χ3v) is 8.93. The average Bonchev–Trinajstić information content (AvgIpc) is 2.86. The average molecular weight is 639 g/mol. The fourth-order valence-corrected chi connectivity index (χ4v) is 6.71. The number of phenolic OH excluding ortho intramolecular Hbond substituents is 1. The van der Waals surface area contributed by atoms with Gasteiger partial charge in [0, 0.05) is 23.8 Å². The van der Waals surface area contributed by atoms with Gasteiger partial charge in [-0.3, -0.25) is 24.0 Å². The van der Waals surface area contributed by atoms with Crippen LogP contribution in [0.15, 0.2) is 23.5 Å². The standard InChI is InChI=1S/C28H35N3O9.BrH/c1-3-17(31-40-14-6-11(2)7-14)27(38)30-18-5-4-15-20(26(29)37)16-9-12-8-13(32)10-19(33)28(12,39)25(36)22(16)24(35)21(15)23(18)34;/h4-5,11-14,16-17,20,31-32,34,36,39H,3,6-10H2,1-2H3,(H2,29,37)(H,30,38);1H. The topological polar surface area (TPSA) is 209 Å². The predicted molar refractivity (Wildman–Crippen MR) is 150 cm³/mol. The summed E-state index contributed by atoms with van der Waals surface area (Å²) in [5.74, 6) is -7.16. The second-order valence-electron chi connectivity index (χ2n) is 11.6. The Morgan fingerprint density at radius 3 is 2.46 bits per heavy atom. The van der Waals surface area contributed by atoms with Gasteiger partial charge in [-0.1, -0.05) is 19.9 Å². The molecule has 4 aliphatic carbocycles. The van der Waals surface area contributed by atoms with Crippen molar-refractivity contribution in [3.8, 4) is 5.75 Å². The molecule has 0 saturated heterocycles. The lowest BCUT2D eigenvalue weighted by molar-refractivity contribution is -0.155. The SMILES string of the molecule is Br.CCC(NOC1CC(C)C1)C(=O)Nc1ccc2c(c1O)C(=O)C1=C(O)C3(O)C(=O)CC(O)CC3CC1C2C(N)=O. The minimum atomic E-state index is -2.40. The summed E-state index contributed by atoms with van der Waals surface area (Å²) in [6.45, 7) is 3.88. The van der Waals surface area contributed by atoms with Gasteiger partial charge in [-0.15, -0.1) is 17.0 Å². The van der Waals surface area contributed by atoms with Crippen LogP contribution in [0.5, 0.6) is 5.75 Å². The predicted octanol–water partition coefficient (Wildman–Crippen LogP) is 1.68. The minimum Gasteiger partial charge on any atom is -0.508 e. The van der Waals surface area contributed by atoms with E-state index in [4.69, 9.17) is 10.6 Å². The fourth-order valence-electron chi connectivity index (χ4n) is 6.71. The van der Waals surface area contributed by atoms with Gasteiger partial charge in [0.15, 0.2) is 22.9 Å². The molecular formula is C28H36BrN3O9. The molecule has 0 bridgehead atoms. The molecule has 0 aromatic heterocycles. The molecule has 8 N–H and O–H groups in total. The first kappa shape index (κ1) is 31.1. The maximum Gasteiger partial charge on any atom is 0.243 e. The van der Waals surface area contributed by atoms with E-state index in [0.717, 1.165) is 12.8 Å². The summed E-state index contributed by atoms with van der Waals surface area (Å²) in [4.78, 5) is 57.8. The first-order valence-electron chi connectivity index (χ1n) is 13.7. The lowest BCUT2D eigenvalue weighted by atomic mass is 9.57. The molecule has 12 nitrogen and oxygen atoms in total. The minimum absolute atomic E-state index is 0. The summed E-state index contributed by atoms with van der Waals surface area (Å²) in [5, 5.41) is 46.3. The molecule has 0 spiro atoms. The van der Waals surface area contributed by atoms with Crippen molar-refractivity contribution in [3.63, 3.8) is 0 Å². The molecule has 5 rings (SSSR count). The van der Waals surface area contributed by atoms with E-state index in [1.165, 1.54) is 12.1 Å². The zero-order valence-electron chi connectivity index (χ0n) is 22.8. The number of aromatic hydroxyl groups is 1. The number of hydrogen-bond donors (Lipinski definition) is 7. The van der Waals surface area contributed by atoms with E-state index in [1.807, 2.05) is 0 Å². The van der Waals surface area contributed by atoms with Crippen LogP contribution in [0.25, 0.3) is 0 Å². The maximum absolute atomic E-state index is 13.8. The van der Waals surface area contributed by atoms with Crippen LogP contribution in [0.3, 0.4) is 0 Å². The van der Waals surface area contributed by atoms with Crippen molar-refractivity contribution in [1.82, 2.24) is 5.48 Å². The van der Waals surface area contributed by atoms with Gasteiger partial charge < -0.3 is 31.5 Å². The van der Waals surface area contributed by atoms with Gasteiger partial charge in [-0.25, -0.2) is 0 Å². The Balaban J connectivity index is 0.00000387. The molecule has 1 aromatic rings. The number of aliphatic hydroxyl groups excluding tert-OH is 2. The summed E-state index contributed by atoms with van der Waals surface area (Å²) < 4.78 is 0. The van der Waals surface area contributed by atoms with Crippen LogP contribution in [0.1, 0.15) is 74.2 Å². The van der Waals surface area contributed by atoms with Crippen LogP contribution in [0.4, 0.5) is 5.69 Å². The van der Waals surface area contributed by atoms with Gasteiger partial charge in [0.05, 0.1) is 29.4 Å². The Labute approximate surface area is 247 Å². The number of carbonyl (C=O) groups excluding carboxylic acids is 4. The van der Waals surface area contributed by atoms with E-state index in [0.29, 0.717) is 12.3 Å². The van der Waals surface area contributed by atoms with Crippen molar-refractivity contribution in [2.45, 2.75) is 82.1 Å². The molecule has 0 heterocycles. The number of rotatable bonds is 7. The van der Waals surface area contributed by atoms with E-state index in [9.17, 15) is 39.6 Å². The molecule has 224 valence electrons. The van der Waals surface area contributed by atoms with E-state index in [-0.39, 0.29) is 58.3 Å². The van der Waals surface area contributed by atoms with Gasteiger partial charge in [0.2, 0.25) is 11.8 Å². The molecule has 13 heteroatoms. The van der Waals surface area contributed by atoms with Crippen LogP contribution < -0.4 is 16.5 Å². The number of hydroxylamine groups is 1. The molecule has 1 aromatic carbocycles. The summed E-state index contributed by atoms with van der Waals surface area (Å²) in [6, 6.07) is 2.01. The molecule has 2 fully saturated rings. The monoisotopic (exact) mass is 637 g/mol. The van der Waals surface area contributed by atoms with Gasteiger partial charge in [0.25, 0.3) is 0 Å². The number of anilines is 1. The second kappa shape index (κ2) is 11.4. The zero-order valence-corrected chi connectivity index (χ0v) is 24.5. The summed E-state index contributed by atoms with van der Waals surface area (Å²) in [5.41, 5.74) is 5.36. The van der Waals surface area contributed by atoms with Gasteiger partial charge in [0.1, 0.15) is 11.8 Å². The van der Waals surface area contributed by atoms with E-state index >= 15 is 0 Å². The van der Waals surface area contributed by atoms with E-state index in [2.05, 4.69) is 17.7 Å². The number of carbonyl (C=O) groups is 4. The number of ketones is 2. The van der Waals surface area contributed by atoms with Crippen LogP contribution in [-0.4, -0.2) is 67.7 Å². The van der Waals surface area contributed by atoms with E-state index < -0.39 is 76.8 Å². The van der Waals surface area contributed by atoms with Gasteiger partial charge >= 0.3 is 0 Å². The number of fused-ring (bicyclic) bond motifs is 3. The number of phenols is 1. The Morgan fingerprint density at radius 1 is 1.17 bits per heavy atom. The first-order valence-corrected chi connectivity index (χ1v) is 13.7. The molecule has 6 atom stereocenters. The Morgan fingerprint density at radius 2 is 1.85 bits per heavy atom. The quantitative estimate of drug-likeness (QED) is 0.170. The number of primary amides is 1. The number of halogens is 1. The first-order chi connectivity index (χ1) is 18.9. The number of allylic oxidation sites excluding steroid dienone is 1. The number of amides is 2. The Bertz CT molecular complexity index is 1310. The van der Waals surface area contributed by atoms with Crippen molar-refractivity contribution in [3.05, 3.63) is 34.6 Å². The number of hydrogen-bond acceptors (Lipinski definition) is 10. The lowest BCUT2D eigenvalue weighted by Gasteiger charge is -2.48. The summed E-state index contributed by atoms with van der Waals surface area (Å²) >= 11 is 0. The highest BCUT2D eigenvalue weighted by Crippen LogP contribution is 2.55. The molecule has 0 aliphatic heterocycles. The van der Waals surface area contributed by atoms with Crippen molar-refractivity contribution < 1.29 is 44.4 Å². The van der Waals surface area contributed by atoms with E-state index in [1.54, 1.807) is 6.92 Å². The molecule has 2 amide bonds. The van der Waals surface area contributed by atoms with Crippen LogP contribution in [0.2, 0.25) is 0 Å². The van der Waals surface area contributed by atoms with Crippen molar-refractivity contribution in [2.75, 3.05) is 5.32 Å². The number of aliphatic hydroxyl groups is 3. The largest absolute Gasteiger partial charge is 0.508 e. The normalized spacial score (nSPS) is 33.0. The Hall–Kier alpha value is -2.84. The number of nitrogens with two attached hydrogens (primary N) is 1. The maximum atomic E-state index is 13.8. The number of benzene rings is 1. The van der Waals surface area contributed by atoms with Crippen molar-refractivity contribution in [2.24, 2.45) is 23.5 Å². The lowest BCUT2D eigenvalue weighted by Crippen LogP contribution is -2.58. The molecule has 0 radical (unpaired) electrons. The van der Waals surface area contributed by atoms with Crippen molar-refractivity contribution in [1.29, 1.82) is 0 Å². The molecular weight excluding hydrogens is 602 g/mol. The Kier molecular flexibility index (Phi) is 8.68. The van der Waals surface area contributed by atoms with Gasteiger partial charge in [-0.2, -0.15) is 5.48 Å². The summed E-state index contributed by atoms with van der Waals surface area (Å²) in [7, 11) is 0. The summed E-state index contributed by atoms with van der Waals surface area (Å²) in [6.07, 6.45) is 0.608. The molecule has 41 heavy (non-hydrogen) atoms. The van der Waals surface area contributed by atoms with Gasteiger partial charge in [-0.05, 0) is 49.7 Å². The number of nitrogens with one attached hydrogen (secondary N) is 2.